The number of rotatable bonds is 1. The van der Waals surface area contributed by atoms with Crippen LogP contribution in [0.25, 0.3) is 45.6 Å². The van der Waals surface area contributed by atoms with Gasteiger partial charge in [0.15, 0.2) is 27.9 Å². The van der Waals surface area contributed by atoms with E-state index in [1.54, 1.807) is 55.0 Å². The number of nitrogens with one attached hydrogen (secondary N) is 1. The van der Waals surface area contributed by atoms with Crippen LogP contribution >= 0.6 is 89.9 Å². The van der Waals surface area contributed by atoms with Crippen molar-refractivity contribution in [2.75, 3.05) is 57.5 Å². The topological polar surface area (TPSA) is 262 Å². The van der Waals surface area contributed by atoms with Crippen LogP contribution in [0.5, 0.6) is 0 Å². The number of ether oxygens (including phenoxy) is 2. The average molecular weight is 1310 g/mol. The fourth-order valence-corrected chi connectivity index (χ4v) is 7.74. The molecule has 0 aliphatic carbocycles. The zero-order valence-electron chi connectivity index (χ0n) is 44.6. The number of carbonyl (C=O) groups excluding carboxylic acids is 1. The van der Waals surface area contributed by atoms with Crippen molar-refractivity contribution in [1.29, 1.82) is 1.34 Å². The number of fused-ring (bicyclic) bond motifs is 5. The van der Waals surface area contributed by atoms with Gasteiger partial charge in [-0.3, -0.25) is 19.7 Å². The minimum absolute atomic E-state index is 0.0947. The van der Waals surface area contributed by atoms with Crippen LogP contribution in [0.1, 0.15) is 41.9 Å². The van der Waals surface area contributed by atoms with Crippen LogP contribution in [0.15, 0.2) is 92.7 Å². The third kappa shape index (κ3) is 19.2. The summed E-state index contributed by atoms with van der Waals surface area (Å²) in [4.78, 5) is 73.7. The standard InChI is InChI=1S/C11H11ClN4O.C7H5BrClN3.C7H4BrN3O.C7H3Cl2N3.C7H4ClN3.C6H13BO2.C4H9NO/c12-9-2-1-8-11(14-9)15-10(7-13-8)16-3-5-17-6-4-16;8-5-3-10-4-1-2-6(9)12-7(4)11-5;8-5-3-9-4-1-2-6(12)11-7(4)10-5;8-5-2-1-4-7(11-5)12-6(9)3-10-4;8-6-2-1-5-7(11-6)10-4-3-9-5;1-5(2)6(3,4)9-7-8-5;1-3-6-4-2-5-1/h1-2,7H,3-6H2;1,3,6H,2H2;1,3H,2H2;1-3H;1-4H;7H,1-4H3;5H,1-4H2/i;;;;4D;7D;. The van der Waals surface area contributed by atoms with E-state index in [9.17, 15) is 4.79 Å². The van der Waals surface area contributed by atoms with Crippen molar-refractivity contribution in [2.45, 2.75) is 57.2 Å². The fourth-order valence-electron chi connectivity index (χ4n) is 6.46. The van der Waals surface area contributed by atoms with Gasteiger partial charge in [0, 0.05) is 51.4 Å². The van der Waals surface area contributed by atoms with Gasteiger partial charge in [-0.1, -0.05) is 64.1 Å². The van der Waals surface area contributed by atoms with E-state index in [0.29, 0.717) is 80.5 Å². The van der Waals surface area contributed by atoms with Gasteiger partial charge >= 0.3 is 7.65 Å². The molecule has 0 aromatic carbocycles. The Morgan fingerprint density at radius 3 is 1.75 bits per heavy atom. The van der Waals surface area contributed by atoms with Gasteiger partial charge in [-0.15, -0.1) is 0 Å². The van der Waals surface area contributed by atoms with Gasteiger partial charge in [-0.25, -0.2) is 54.8 Å². The molecule has 412 valence electrons. The number of alkyl halides is 1. The van der Waals surface area contributed by atoms with Gasteiger partial charge in [-0.05, 0) is 102 Å². The maximum absolute atomic E-state index is 10.9. The van der Waals surface area contributed by atoms with E-state index >= 15 is 0 Å². The van der Waals surface area contributed by atoms with Gasteiger partial charge < -0.3 is 29.0 Å². The predicted octanol–water partition coefficient (Wildman–Crippen LogP) is 6.17. The van der Waals surface area contributed by atoms with E-state index in [4.69, 9.17) is 79.5 Å². The molecule has 0 spiro atoms. The number of amides is 1. The number of nitrogens with zero attached hydrogens (tertiary/aromatic N) is 16. The first-order valence-electron chi connectivity index (χ1n) is 25.0. The van der Waals surface area contributed by atoms with Crippen LogP contribution in [0.4, 0.5) is 5.82 Å². The Balaban J connectivity index is 0.000000138. The van der Waals surface area contributed by atoms with E-state index in [1.165, 1.54) is 12.4 Å². The van der Waals surface area contributed by atoms with Crippen molar-refractivity contribution in [3.63, 3.8) is 0 Å². The van der Waals surface area contributed by atoms with E-state index in [0.717, 1.165) is 75.7 Å². The second-order valence-corrected chi connectivity index (χ2v) is 21.1. The lowest BCUT2D eigenvalue weighted by molar-refractivity contribution is -0.117. The monoisotopic (exact) mass is 1300 g/mol. The summed E-state index contributed by atoms with van der Waals surface area (Å²) in [5.74, 6) is 0.658. The Morgan fingerprint density at radius 1 is 0.646 bits per heavy atom. The van der Waals surface area contributed by atoms with Gasteiger partial charge in [-0.2, -0.15) is 4.99 Å². The number of anilines is 1. The highest BCUT2D eigenvalue weighted by Crippen LogP contribution is 2.33. The third-order valence-electron chi connectivity index (χ3n) is 11.2. The Hall–Kier alpha value is -5.29. The molecule has 1 N–H and O–H groups in total. The Labute approximate surface area is 497 Å². The Bertz CT molecular complexity index is 3560. The van der Waals surface area contributed by atoms with Gasteiger partial charge in [0.2, 0.25) is 0 Å². The predicted molar refractivity (Wildman–Crippen MR) is 310 cm³/mol. The summed E-state index contributed by atoms with van der Waals surface area (Å²) in [6, 6.07) is 10.3. The highest BCUT2D eigenvalue weighted by Gasteiger charge is 2.44. The number of carbonyl (C=O) groups is 1. The highest BCUT2D eigenvalue weighted by molar-refractivity contribution is 9.10. The molecule has 5 aliphatic rings. The first-order chi connectivity index (χ1) is 38.7. The molecule has 1 unspecified atom stereocenters. The summed E-state index contributed by atoms with van der Waals surface area (Å²) in [5.41, 5.74) is 3.69. The minimum atomic E-state index is -0.815. The summed E-state index contributed by atoms with van der Waals surface area (Å²) in [6.07, 6.45) is 12.7. The molecule has 0 bridgehead atoms. The van der Waals surface area contributed by atoms with E-state index in [-0.39, 0.29) is 28.8 Å². The van der Waals surface area contributed by atoms with E-state index in [1.807, 2.05) is 39.8 Å². The van der Waals surface area contributed by atoms with Crippen LogP contribution in [0.3, 0.4) is 0 Å². The summed E-state index contributed by atoms with van der Waals surface area (Å²) in [5, 5.41) is 6.16. The number of halogens is 7. The molecule has 1 amide bonds. The lowest BCUT2D eigenvalue weighted by atomic mass is 9.90. The molecular formula is C49H49BBr2Cl5N17O5. The molecule has 30 heteroatoms. The van der Waals surface area contributed by atoms with Gasteiger partial charge in [0.25, 0.3) is 5.91 Å². The highest BCUT2D eigenvalue weighted by atomic mass is 79.9. The van der Waals surface area contributed by atoms with Crippen molar-refractivity contribution in [1.82, 2.24) is 70.1 Å². The fraction of sp³-hybridized carbons (Fsp3) is 0.347. The van der Waals surface area contributed by atoms with Crippen LogP contribution in [-0.4, -0.2) is 149 Å². The zero-order valence-corrected chi connectivity index (χ0v) is 49.5. The second kappa shape index (κ2) is 30.0. The molecule has 0 radical (unpaired) electrons. The number of hydrogen-bond acceptors (Lipinski definition) is 21. The average Bonchev–Trinajstić information content (AvgIpc) is 3.72. The first kappa shape index (κ1) is 58.4. The Kier molecular flexibility index (Phi) is 22.1. The quantitative estimate of drug-likeness (QED) is 0.0834. The van der Waals surface area contributed by atoms with Crippen LogP contribution < -0.4 is 31.9 Å². The third-order valence-corrected chi connectivity index (χ3v) is 13.1. The van der Waals surface area contributed by atoms with Crippen molar-refractivity contribution in [3.8, 4) is 0 Å². The van der Waals surface area contributed by atoms with E-state index < -0.39 is 7.65 Å². The zero-order chi connectivity index (χ0) is 58.1. The summed E-state index contributed by atoms with van der Waals surface area (Å²) in [7, 11) is -0.815. The molecule has 0 saturated carbocycles. The van der Waals surface area contributed by atoms with Gasteiger partial charge in [0.1, 0.15) is 68.4 Å². The molecule has 1 atom stereocenters. The maximum atomic E-state index is 10.9. The molecule has 79 heavy (non-hydrogen) atoms. The minimum Gasteiger partial charge on any atom is -0.406 e. The Morgan fingerprint density at radius 2 is 1.18 bits per heavy atom. The summed E-state index contributed by atoms with van der Waals surface area (Å²) < 4.78 is 36.4. The van der Waals surface area contributed by atoms with Crippen LogP contribution in [-0.2, 0) is 23.6 Å². The molecule has 3 fully saturated rings. The number of morpholine rings is 2. The van der Waals surface area contributed by atoms with Crippen molar-refractivity contribution in [2.24, 2.45) is 9.98 Å². The van der Waals surface area contributed by atoms with Gasteiger partial charge in [0.05, 0.1) is 65.1 Å². The summed E-state index contributed by atoms with van der Waals surface area (Å²) >= 11 is 34.9. The van der Waals surface area contributed by atoms with E-state index in [2.05, 4.69) is 117 Å². The lowest BCUT2D eigenvalue weighted by Crippen LogP contribution is -2.41. The molecule has 5 aliphatic heterocycles. The van der Waals surface area contributed by atoms with Crippen molar-refractivity contribution >= 4 is 155 Å². The molecule has 8 aromatic rings. The molecule has 3 saturated heterocycles. The smallest absolute Gasteiger partial charge is 0.406 e. The lowest BCUT2D eigenvalue weighted by Gasteiger charge is -2.32. The SMILES string of the molecule is C1COCCN1.ClC1CC=c2ncc(Br)nc2=N1.Clc1ccc2ncc(Cl)nc2n1.Clc1ccc2ncc(N3CCOCC3)nc2n1.O=C1CC=c2ncc(Br)nc2=N1.[2H]B1OC(C)(C)C(C)(C)O1.[2H]c1cnc2ccc(Cl)nc2n1. The summed E-state index contributed by atoms with van der Waals surface area (Å²) in [6.45, 7) is 14.7. The number of pyridine rings is 3. The molecule has 13 rings (SSSR count). The number of aromatic nitrogens is 13. The largest absolute Gasteiger partial charge is 0.439 e. The molecule has 8 aromatic heterocycles. The molecular weight excluding hydrogens is 1250 g/mol. The number of hydrogen-bond donors (Lipinski definition) is 1. The molecule has 13 heterocycles. The first-order valence-corrected chi connectivity index (χ1v) is 27.4. The second-order valence-electron chi connectivity index (χ2n) is 17.4. The normalized spacial score (nSPS) is 17.6. The van der Waals surface area contributed by atoms with Crippen molar-refractivity contribution < 1.29 is 24.9 Å². The van der Waals surface area contributed by atoms with Crippen LogP contribution in [0, 0.1) is 0 Å². The maximum Gasteiger partial charge on any atom is 0.439 e. The van der Waals surface area contributed by atoms with Crippen LogP contribution in [0.2, 0.25) is 20.6 Å². The van der Waals surface area contributed by atoms with Crippen molar-refractivity contribution in [3.05, 3.63) is 125 Å². The molecule has 22 nitrogen and oxygen atoms in total.